The molecule has 4 nitrogen and oxygen atoms in total. The number of pyridine rings is 1. The van der Waals surface area contributed by atoms with Gasteiger partial charge in [0.15, 0.2) is 0 Å². The molecular weight excluding hydrogens is 399 g/mol. The predicted octanol–water partition coefficient (Wildman–Crippen LogP) is 5.87. The summed E-state index contributed by atoms with van der Waals surface area (Å²) in [5.41, 5.74) is 10.8. The first-order chi connectivity index (χ1) is 14.3. The topological polar surface area (TPSA) is 54.2 Å². The van der Waals surface area contributed by atoms with Crippen molar-refractivity contribution < 1.29 is 4.39 Å². The van der Waals surface area contributed by atoms with Gasteiger partial charge >= 0.3 is 0 Å². The van der Waals surface area contributed by atoms with E-state index in [4.69, 9.17) is 17.3 Å². The van der Waals surface area contributed by atoms with Crippen molar-refractivity contribution in [3.05, 3.63) is 52.9 Å². The van der Waals surface area contributed by atoms with Gasteiger partial charge in [-0.3, -0.25) is 4.98 Å². The van der Waals surface area contributed by atoms with Crippen molar-refractivity contribution in [3.63, 3.8) is 0 Å². The van der Waals surface area contributed by atoms with Gasteiger partial charge in [0.05, 0.1) is 23.1 Å². The Labute approximate surface area is 182 Å². The largest absolute Gasteiger partial charge is 0.396 e. The van der Waals surface area contributed by atoms with E-state index in [1.807, 2.05) is 18.2 Å². The van der Waals surface area contributed by atoms with Gasteiger partial charge in [0, 0.05) is 28.1 Å². The van der Waals surface area contributed by atoms with E-state index in [2.05, 4.69) is 29.3 Å². The van der Waals surface area contributed by atoms with Crippen LogP contribution in [0.15, 0.2) is 36.5 Å². The molecule has 2 aromatic carbocycles. The van der Waals surface area contributed by atoms with Crippen LogP contribution in [0.3, 0.4) is 0 Å². The molecule has 3 aromatic rings. The van der Waals surface area contributed by atoms with Crippen LogP contribution < -0.4 is 11.1 Å². The van der Waals surface area contributed by atoms with Crippen molar-refractivity contribution in [2.24, 2.45) is 0 Å². The van der Waals surface area contributed by atoms with Crippen LogP contribution in [-0.2, 0) is 0 Å². The molecule has 158 valence electrons. The number of nitrogens with one attached hydrogen (secondary N) is 1. The lowest BCUT2D eigenvalue weighted by molar-refractivity contribution is 0.221. The monoisotopic (exact) mass is 426 g/mol. The third-order valence-electron chi connectivity index (χ3n) is 6.29. The van der Waals surface area contributed by atoms with Crippen LogP contribution in [0, 0.1) is 12.7 Å². The molecule has 1 fully saturated rings. The average molecular weight is 427 g/mol. The third-order valence-corrected chi connectivity index (χ3v) is 6.68. The van der Waals surface area contributed by atoms with E-state index in [0.29, 0.717) is 28.4 Å². The lowest BCUT2D eigenvalue weighted by Gasteiger charge is -2.33. The summed E-state index contributed by atoms with van der Waals surface area (Å²) in [5.74, 6) is -0.306. The van der Waals surface area contributed by atoms with Crippen molar-refractivity contribution in [2.75, 3.05) is 25.1 Å². The second kappa shape index (κ2) is 8.40. The first-order valence-corrected chi connectivity index (χ1v) is 10.8. The molecule has 6 heteroatoms. The summed E-state index contributed by atoms with van der Waals surface area (Å²) in [6.45, 7) is 1.68. The molecule has 1 aliphatic carbocycles. The first-order valence-electron chi connectivity index (χ1n) is 10.4. The van der Waals surface area contributed by atoms with Gasteiger partial charge in [0.1, 0.15) is 5.82 Å². The molecule has 0 spiro atoms. The highest BCUT2D eigenvalue weighted by molar-refractivity contribution is 6.31. The van der Waals surface area contributed by atoms with E-state index in [-0.39, 0.29) is 5.82 Å². The van der Waals surface area contributed by atoms with Gasteiger partial charge < -0.3 is 16.0 Å². The van der Waals surface area contributed by atoms with Crippen molar-refractivity contribution in [3.8, 4) is 11.1 Å². The molecular formula is C24H28ClFN4. The number of hydrogen-bond donors (Lipinski definition) is 2. The second-order valence-corrected chi connectivity index (χ2v) is 8.91. The maximum absolute atomic E-state index is 14.2. The molecule has 0 atom stereocenters. The fourth-order valence-electron chi connectivity index (χ4n) is 4.30. The van der Waals surface area contributed by atoms with Gasteiger partial charge in [-0.15, -0.1) is 0 Å². The van der Waals surface area contributed by atoms with Crippen molar-refractivity contribution in [1.29, 1.82) is 0 Å². The summed E-state index contributed by atoms with van der Waals surface area (Å²) >= 11 is 6.22. The van der Waals surface area contributed by atoms with E-state index < -0.39 is 0 Å². The summed E-state index contributed by atoms with van der Waals surface area (Å²) in [4.78, 5) is 6.79. The number of nitrogens with two attached hydrogens (primary N) is 1. The lowest BCUT2D eigenvalue weighted by Crippen LogP contribution is -2.36. The van der Waals surface area contributed by atoms with Gasteiger partial charge in [-0.05, 0) is 82.1 Å². The van der Waals surface area contributed by atoms with Crippen molar-refractivity contribution >= 4 is 33.9 Å². The Kier molecular flexibility index (Phi) is 5.85. The summed E-state index contributed by atoms with van der Waals surface area (Å²) in [5, 5.41) is 5.05. The van der Waals surface area contributed by atoms with E-state index in [9.17, 15) is 4.39 Å². The molecule has 4 rings (SSSR count). The lowest BCUT2D eigenvalue weighted by atomic mass is 9.90. The van der Waals surface area contributed by atoms with Crippen LogP contribution in [-0.4, -0.2) is 36.1 Å². The normalized spacial score (nSPS) is 19.4. The van der Waals surface area contributed by atoms with Crippen LogP contribution >= 0.6 is 11.6 Å². The standard InChI is InChI=1S/C24H28ClFN4/c1-14-20(25)11-16(12-21(14)26)15-4-9-23-19(10-15)24(22(27)13-28-23)29-17-5-7-18(8-6-17)30(2)3/h4,9-13,17-18H,5-8,27H2,1-3H3,(H,28,29)/t17-,18-. The van der Waals surface area contributed by atoms with Gasteiger partial charge in [0.25, 0.3) is 0 Å². The molecule has 0 saturated heterocycles. The highest BCUT2D eigenvalue weighted by atomic mass is 35.5. The number of aromatic nitrogens is 1. The Bertz CT molecular complexity index is 1050. The van der Waals surface area contributed by atoms with Crippen LogP contribution in [0.1, 0.15) is 31.2 Å². The molecule has 3 N–H and O–H groups in total. The Morgan fingerprint density at radius 3 is 2.50 bits per heavy atom. The number of halogens is 2. The Hall–Kier alpha value is -2.37. The van der Waals surface area contributed by atoms with Crippen LogP contribution in [0.2, 0.25) is 5.02 Å². The Balaban J connectivity index is 1.68. The van der Waals surface area contributed by atoms with E-state index >= 15 is 0 Å². The molecule has 0 bridgehead atoms. The number of anilines is 2. The average Bonchev–Trinajstić information content (AvgIpc) is 2.73. The first kappa shape index (κ1) is 20.9. The molecule has 0 aliphatic heterocycles. The number of hydrogen-bond acceptors (Lipinski definition) is 4. The van der Waals surface area contributed by atoms with E-state index in [1.165, 1.54) is 18.9 Å². The Morgan fingerprint density at radius 1 is 1.10 bits per heavy atom. The summed E-state index contributed by atoms with van der Waals surface area (Å²) in [6.07, 6.45) is 6.24. The van der Waals surface area contributed by atoms with Crippen LogP contribution in [0.5, 0.6) is 0 Å². The number of rotatable bonds is 4. The van der Waals surface area contributed by atoms with Gasteiger partial charge in [-0.2, -0.15) is 0 Å². The third kappa shape index (κ3) is 4.09. The molecule has 30 heavy (non-hydrogen) atoms. The number of nitrogens with zero attached hydrogens (tertiary/aromatic N) is 2. The highest BCUT2D eigenvalue weighted by Crippen LogP contribution is 2.35. The molecule has 0 radical (unpaired) electrons. The summed E-state index contributed by atoms with van der Waals surface area (Å²) in [6, 6.07) is 10.3. The van der Waals surface area contributed by atoms with E-state index in [0.717, 1.165) is 40.6 Å². The number of benzene rings is 2. The summed E-state index contributed by atoms with van der Waals surface area (Å²) in [7, 11) is 4.29. The molecule has 1 aliphatic rings. The zero-order chi connectivity index (χ0) is 21.4. The van der Waals surface area contributed by atoms with Crippen molar-refractivity contribution in [2.45, 2.75) is 44.7 Å². The van der Waals surface area contributed by atoms with Crippen LogP contribution in [0.4, 0.5) is 15.8 Å². The van der Waals surface area contributed by atoms with Gasteiger partial charge in [-0.1, -0.05) is 17.7 Å². The quantitative estimate of drug-likeness (QED) is 0.547. The fraction of sp³-hybridized carbons (Fsp3) is 0.375. The maximum atomic E-state index is 14.2. The zero-order valence-electron chi connectivity index (χ0n) is 17.7. The number of nitrogen functional groups attached to an aromatic ring is 1. The van der Waals surface area contributed by atoms with Crippen LogP contribution in [0.25, 0.3) is 22.0 Å². The van der Waals surface area contributed by atoms with E-state index in [1.54, 1.807) is 19.2 Å². The minimum Gasteiger partial charge on any atom is -0.396 e. The minimum atomic E-state index is -0.306. The number of fused-ring (bicyclic) bond motifs is 1. The summed E-state index contributed by atoms with van der Waals surface area (Å²) < 4.78 is 14.2. The fourth-order valence-corrected chi connectivity index (χ4v) is 4.51. The molecule has 0 amide bonds. The maximum Gasteiger partial charge on any atom is 0.128 e. The van der Waals surface area contributed by atoms with Crippen molar-refractivity contribution in [1.82, 2.24) is 9.88 Å². The highest BCUT2D eigenvalue weighted by Gasteiger charge is 2.23. The second-order valence-electron chi connectivity index (χ2n) is 8.50. The van der Waals surface area contributed by atoms with Gasteiger partial charge in [0.2, 0.25) is 0 Å². The smallest absolute Gasteiger partial charge is 0.128 e. The SMILES string of the molecule is Cc1c(F)cc(-c2ccc3ncc(N)c(N[C@H]4CC[C@H](N(C)C)CC4)c3c2)cc1Cl. The molecule has 0 unspecified atom stereocenters. The molecule has 1 aromatic heterocycles. The van der Waals surface area contributed by atoms with Gasteiger partial charge in [-0.25, -0.2) is 4.39 Å². The zero-order valence-corrected chi connectivity index (χ0v) is 18.4. The minimum absolute atomic E-state index is 0.306. The molecule has 1 saturated carbocycles. The Morgan fingerprint density at radius 2 is 1.83 bits per heavy atom. The molecule has 1 heterocycles. The predicted molar refractivity (Wildman–Crippen MR) is 125 cm³/mol.